The second-order valence-electron chi connectivity index (χ2n) is 7.56. The molecular weight excluding hydrogens is 474 g/mol. The summed E-state index contributed by atoms with van der Waals surface area (Å²) in [7, 11) is -4.25. The molecule has 1 fully saturated rings. The molecule has 1 heterocycles. The minimum absolute atomic E-state index is 0.118. The first-order valence-electron chi connectivity index (χ1n) is 10.2. The lowest BCUT2D eigenvalue weighted by Crippen LogP contribution is -2.66. The van der Waals surface area contributed by atoms with Crippen LogP contribution in [0.1, 0.15) is 33.3 Å². The molecule has 0 aromatic heterocycles. The van der Waals surface area contributed by atoms with Crippen LogP contribution in [0, 0.1) is 6.92 Å². The van der Waals surface area contributed by atoms with Gasteiger partial charge in [0.1, 0.15) is 18.8 Å². The Hall–Kier alpha value is -3.03. The number of sulfonamides is 1. The largest absolute Gasteiger partial charge is 0.463 e. The summed E-state index contributed by atoms with van der Waals surface area (Å²) in [6.07, 6.45) is -5.77. The van der Waals surface area contributed by atoms with Gasteiger partial charge in [-0.1, -0.05) is 17.7 Å². The van der Waals surface area contributed by atoms with Crippen molar-refractivity contribution in [2.24, 2.45) is 0 Å². The average Bonchev–Trinajstić information content (AvgIpc) is 2.70. The lowest BCUT2D eigenvalue weighted by atomic mass is 9.97. The Morgan fingerprint density at radius 2 is 1.38 bits per heavy atom. The zero-order chi connectivity index (χ0) is 25.6. The van der Waals surface area contributed by atoms with Crippen molar-refractivity contribution in [3.63, 3.8) is 0 Å². The van der Waals surface area contributed by atoms with E-state index in [0.29, 0.717) is 0 Å². The molecule has 0 bridgehead atoms. The van der Waals surface area contributed by atoms with Gasteiger partial charge in [0.2, 0.25) is 16.3 Å². The molecule has 0 saturated carbocycles. The monoisotopic (exact) mass is 501 g/mol. The van der Waals surface area contributed by atoms with Crippen LogP contribution in [0.2, 0.25) is 0 Å². The molecule has 1 N–H and O–H groups in total. The van der Waals surface area contributed by atoms with Crippen molar-refractivity contribution in [1.29, 1.82) is 0 Å². The highest BCUT2D eigenvalue weighted by molar-refractivity contribution is 7.89. The predicted molar refractivity (Wildman–Crippen MR) is 113 cm³/mol. The number of benzene rings is 1. The molecule has 1 aliphatic heterocycles. The Morgan fingerprint density at radius 3 is 1.88 bits per heavy atom. The molecule has 12 nitrogen and oxygen atoms in total. The number of ether oxygens (including phenoxy) is 5. The Balaban J connectivity index is 2.52. The highest BCUT2D eigenvalue weighted by Crippen LogP contribution is 2.29. The summed E-state index contributed by atoms with van der Waals surface area (Å²) in [5, 5.41) is 0. The van der Waals surface area contributed by atoms with Gasteiger partial charge in [-0.25, -0.2) is 8.42 Å². The highest BCUT2D eigenvalue weighted by atomic mass is 32.2. The fraction of sp³-hybridized carbons (Fsp3) is 0.524. The molecule has 34 heavy (non-hydrogen) atoms. The van der Waals surface area contributed by atoms with Gasteiger partial charge in [0.25, 0.3) is 0 Å². The molecule has 1 aromatic carbocycles. The van der Waals surface area contributed by atoms with Crippen LogP contribution < -0.4 is 4.72 Å². The molecule has 1 aromatic rings. The first-order valence-corrected chi connectivity index (χ1v) is 11.7. The molecule has 2 rings (SSSR count). The predicted octanol–water partition coefficient (Wildman–Crippen LogP) is 0.356. The molecule has 0 radical (unpaired) electrons. The van der Waals surface area contributed by atoms with E-state index in [2.05, 4.69) is 4.72 Å². The number of carbonyl (C=O) groups excluding carboxylic acids is 4. The lowest BCUT2D eigenvalue weighted by Gasteiger charge is -2.44. The summed E-state index contributed by atoms with van der Waals surface area (Å²) < 4.78 is 54.8. The molecule has 188 valence electrons. The summed E-state index contributed by atoms with van der Waals surface area (Å²) in [4.78, 5) is 46.6. The van der Waals surface area contributed by atoms with Crippen LogP contribution in [0.15, 0.2) is 29.2 Å². The van der Waals surface area contributed by atoms with E-state index in [1.807, 2.05) is 0 Å². The maximum atomic E-state index is 13.1. The van der Waals surface area contributed by atoms with Gasteiger partial charge in [0.05, 0.1) is 4.90 Å². The van der Waals surface area contributed by atoms with E-state index in [9.17, 15) is 27.6 Å². The quantitative estimate of drug-likeness (QED) is 0.387. The number of esters is 4. The molecule has 0 amide bonds. The van der Waals surface area contributed by atoms with Gasteiger partial charge in [-0.2, -0.15) is 4.72 Å². The zero-order valence-corrected chi connectivity index (χ0v) is 20.1. The number of aryl methyl sites for hydroxylation is 1. The van der Waals surface area contributed by atoms with Crippen LogP contribution >= 0.6 is 0 Å². The summed E-state index contributed by atoms with van der Waals surface area (Å²) >= 11 is 0. The van der Waals surface area contributed by atoms with Crippen molar-refractivity contribution in [3.8, 4) is 0 Å². The summed E-state index contributed by atoms with van der Waals surface area (Å²) in [5.41, 5.74) is 0.818. The molecule has 1 saturated heterocycles. The summed E-state index contributed by atoms with van der Waals surface area (Å²) in [6, 6.07) is 4.36. The van der Waals surface area contributed by atoms with Gasteiger partial charge in [0.15, 0.2) is 12.2 Å². The number of hydrogen-bond acceptors (Lipinski definition) is 11. The van der Waals surface area contributed by atoms with Crippen molar-refractivity contribution < 1.29 is 51.3 Å². The maximum absolute atomic E-state index is 13.1. The van der Waals surface area contributed by atoms with Crippen LogP contribution in [0.5, 0.6) is 0 Å². The van der Waals surface area contributed by atoms with Gasteiger partial charge < -0.3 is 23.7 Å². The van der Waals surface area contributed by atoms with Crippen LogP contribution in [0.4, 0.5) is 0 Å². The summed E-state index contributed by atoms with van der Waals surface area (Å²) in [6.45, 7) is 5.66. The molecule has 13 heteroatoms. The Bertz CT molecular complexity index is 1020. The molecule has 5 atom stereocenters. The third kappa shape index (κ3) is 7.50. The topological polar surface area (TPSA) is 161 Å². The molecule has 0 aliphatic carbocycles. The van der Waals surface area contributed by atoms with E-state index in [4.69, 9.17) is 23.7 Å². The third-order valence-electron chi connectivity index (χ3n) is 4.61. The van der Waals surface area contributed by atoms with Crippen molar-refractivity contribution in [1.82, 2.24) is 4.72 Å². The molecule has 1 aliphatic rings. The average molecular weight is 502 g/mol. The van der Waals surface area contributed by atoms with Crippen LogP contribution in [-0.4, -0.2) is 69.5 Å². The number of nitrogens with one attached hydrogen (secondary N) is 1. The SMILES string of the molecule is CC(=O)OC[C@H]1O[C@@H](OC(C)=O)[C@H](NS(=O)(=O)c2ccc(C)cc2)[C@@H](OC(C)=O)[C@@H]1OC(C)=O. The fourth-order valence-corrected chi connectivity index (χ4v) is 4.49. The van der Waals surface area contributed by atoms with Crippen LogP contribution in [0.3, 0.4) is 0 Å². The fourth-order valence-electron chi connectivity index (χ4n) is 3.26. The molecule has 0 spiro atoms. The second-order valence-corrected chi connectivity index (χ2v) is 9.28. The smallest absolute Gasteiger partial charge is 0.304 e. The van der Waals surface area contributed by atoms with Gasteiger partial charge in [0, 0.05) is 27.7 Å². The van der Waals surface area contributed by atoms with Gasteiger partial charge in [-0.3, -0.25) is 19.2 Å². The minimum Gasteiger partial charge on any atom is -0.463 e. The normalized spacial score (nSPS) is 24.6. The van der Waals surface area contributed by atoms with E-state index < -0.39 is 71.2 Å². The van der Waals surface area contributed by atoms with E-state index in [1.165, 1.54) is 12.1 Å². The third-order valence-corrected chi connectivity index (χ3v) is 6.08. The first-order chi connectivity index (χ1) is 15.8. The van der Waals surface area contributed by atoms with Gasteiger partial charge >= 0.3 is 23.9 Å². The Labute approximate surface area is 196 Å². The number of carbonyl (C=O) groups is 4. The van der Waals surface area contributed by atoms with Crippen LogP contribution in [0.25, 0.3) is 0 Å². The number of hydrogen-bond donors (Lipinski definition) is 1. The van der Waals surface area contributed by atoms with Crippen molar-refractivity contribution >= 4 is 33.9 Å². The lowest BCUT2D eigenvalue weighted by molar-refractivity contribution is -0.269. The Kier molecular flexibility index (Phi) is 9.13. The summed E-state index contributed by atoms with van der Waals surface area (Å²) in [5.74, 6) is -3.15. The maximum Gasteiger partial charge on any atom is 0.304 e. The van der Waals surface area contributed by atoms with Gasteiger partial charge in [-0.05, 0) is 19.1 Å². The number of rotatable bonds is 8. The van der Waals surface area contributed by atoms with E-state index >= 15 is 0 Å². The van der Waals surface area contributed by atoms with E-state index in [1.54, 1.807) is 19.1 Å². The Morgan fingerprint density at radius 1 is 0.853 bits per heavy atom. The highest BCUT2D eigenvalue weighted by Gasteiger charge is 2.53. The van der Waals surface area contributed by atoms with E-state index in [0.717, 1.165) is 33.3 Å². The zero-order valence-electron chi connectivity index (χ0n) is 19.3. The standard InChI is InChI=1S/C21H27NO11S/c1-11-6-8-16(9-7-11)34(27,28)22-18-20(31-14(4)25)19(30-13(3)24)17(10-29-12(2)23)33-21(18)32-15(5)26/h6-9,17-22H,10H2,1-5H3/t17-,18-,19-,20-,21-/m1/s1. The second kappa shape index (κ2) is 11.4. The first kappa shape index (κ1) is 27.2. The molecule has 0 unspecified atom stereocenters. The minimum atomic E-state index is -4.25. The van der Waals surface area contributed by atoms with Crippen molar-refractivity contribution in [2.45, 2.75) is 70.2 Å². The van der Waals surface area contributed by atoms with Crippen LogP contribution in [-0.2, 0) is 52.9 Å². The molecular formula is C21H27NO11S. The van der Waals surface area contributed by atoms with Crippen molar-refractivity contribution in [3.05, 3.63) is 29.8 Å². The van der Waals surface area contributed by atoms with Crippen molar-refractivity contribution in [2.75, 3.05) is 6.61 Å². The van der Waals surface area contributed by atoms with E-state index in [-0.39, 0.29) is 4.90 Å². The van der Waals surface area contributed by atoms with Gasteiger partial charge in [-0.15, -0.1) is 0 Å².